The molecule has 0 heterocycles. The van der Waals surface area contributed by atoms with Gasteiger partial charge in [0.2, 0.25) is 0 Å². The van der Waals surface area contributed by atoms with E-state index in [1.54, 1.807) is 13.2 Å². The van der Waals surface area contributed by atoms with Gasteiger partial charge in [0.25, 0.3) is 0 Å². The lowest BCUT2D eigenvalue weighted by molar-refractivity contribution is 0.408. The van der Waals surface area contributed by atoms with E-state index in [4.69, 9.17) is 21.1 Å². The lowest BCUT2D eigenvalue weighted by Crippen LogP contribution is -1.98. The van der Waals surface area contributed by atoms with Crippen LogP contribution in [0.3, 0.4) is 0 Å². The van der Waals surface area contributed by atoms with E-state index < -0.39 is 5.38 Å². The van der Waals surface area contributed by atoms with Gasteiger partial charge in [0.05, 0.1) is 19.6 Å². The van der Waals surface area contributed by atoms with Crippen molar-refractivity contribution in [2.45, 2.75) is 5.38 Å². The average Bonchev–Trinajstić information content (AvgIpc) is 2.46. The normalized spacial score (nSPS) is 12.0. The van der Waals surface area contributed by atoms with Crippen molar-refractivity contribution in [3.05, 3.63) is 59.4 Å². The summed E-state index contributed by atoms with van der Waals surface area (Å²) in [5, 5.41) is -0.475. The van der Waals surface area contributed by atoms with Gasteiger partial charge in [-0.05, 0) is 35.9 Å². The molecule has 0 N–H and O–H groups in total. The number of alkyl halides is 1. The van der Waals surface area contributed by atoms with E-state index in [2.05, 4.69) is 0 Å². The van der Waals surface area contributed by atoms with Crippen LogP contribution in [0.15, 0.2) is 42.5 Å². The van der Waals surface area contributed by atoms with Crippen molar-refractivity contribution in [3.8, 4) is 11.5 Å². The third-order valence-corrected chi connectivity index (χ3v) is 3.36. The predicted octanol–water partition coefficient (Wildman–Crippen LogP) is 4.17. The fourth-order valence-corrected chi connectivity index (χ4v) is 2.17. The van der Waals surface area contributed by atoms with Crippen molar-refractivity contribution in [3.63, 3.8) is 0 Å². The van der Waals surface area contributed by atoms with Gasteiger partial charge in [-0.15, -0.1) is 11.6 Å². The van der Waals surface area contributed by atoms with Gasteiger partial charge in [-0.25, -0.2) is 4.39 Å². The second-order valence-corrected chi connectivity index (χ2v) is 4.46. The Bertz CT molecular complexity index is 555. The van der Waals surface area contributed by atoms with Crippen LogP contribution < -0.4 is 9.47 Å². The van der Waals surface area contributed by atoms with Crippen LogP contribution in [0, 0.1) is 5.82 Å². The zero-order valence-corrected chi connectivity index (χ0v) is 11.4. The maximum atomic E-state index is 13.3. The minimum atomic E-state index is -0.475. The van der Waals surface area contributed by atoms with E-state index in [9.17, 15) is 4.39 Å². The van der Waals surface area contributed by atoms with Gasteiger partial charge in [-0.2, -0.15) is 0 Å². The Labute approximate surface area is 116 Å². The zero-order chi connectivity index (χ0) is 13.8. The molecule has 0 amide bonds. The number of rotatable bonds is 4. The standard InChI is InChI=1S/C15H14ClFO2/c1-18-12-6-3-10(4-7-12)15(16)13-9-11(17)5-8-14(13)19-2/h3-9,15H,1-2H3. The first-order chi connectivity index (χ1) is 9.15. The molecule has 0 saturated carbocycles. The van der Waals surface area contributed by atoms with Crippen molar-refractivity contribution >= 4 is 11.6 Å². The molecule has 19 heavy (non-hydrogen) atoms. The largest absolute Gasteiger partial charge is 0.497 e. The summed E-state index contributed by atoms with van der Waals surface area (Å²) in [6.07, 6.45) is 0. The molecule has 0 bridgehead atoms. The maximum Gasteiger partial charge on any atom is 0.124 e. The first-order valence-electron chi connectivity index (χ1n) is 5.77. The fourth-order valence-electron chi connectivity index (χ4n) is 1.86. The summed E-state index contributed by atoms with van der Waals surface area (Å²) in [4.78, 5) is 0. The van der Waals surface area contributed by atoms with Crippen LogP contribution in [-0.4, -0.2) is 14.2 Å². The highest BCUT2D eigenvalue weighted by Crippen LogP contribution is 2.35. The summed E-state index contributed by atoms with van der Waals surface area (Å²) in [5.74, 6) is 0.978. The molecule has 0 saturated heterocycles. The summed E-state index contributed by atoms with van der Waals surface area (Å²) < 4.78 is 23.6. The molecular formula is C15H14ClFO2. The number of benzene rings is 2. The van der Waals surface area contributed by atoms with Crippen LogP contribution in [0.4, 0.5) is 4.39 Å². The van der Waals surface area contributed by atoms with Gasteiger partial charge in [-0.3, -0.25) is 0 Å². The highest BCUT2D eigenvalue weighted by atomic mass is 35.5. The molecule has 1 atom stereocenters. The van der Waals surface area contributed by atoms with E-state index in [1.165, 1.54) is 19.2 Å². The zero-order valence-electron chi connectivity index (χ0n) is 10.7. The van der Waals surface area contributed by atoms with Gasteiger partial charge in [-0.1, -0.05) is 12.1 Å². The van der Waals surface area contributed by atoms with Crippen molar-refractivity contribution < 1.29 is 13.9 Å². The van der Waals surface area contributed by atoms with E-state index in [0.717, 1.165) is 11.3 Å². The van der Waals surface area contributed by atoms with E-state index in [0.29, 0.717) is 11.3 Å². The Hall–Kier alpha value is -1.74. The van der Waals surface area contributed by atoms with Crippen molar-refractivity contribution in [1.82, 2.24) is 0 Å². The molecule has 100 valence electrons. The first kappa shape index (κ1) is 13.7. The predicted molar refractivity (Wildman–Crippen MR) is 73.6 cm³/mol. The Morgan fingerprint density at radius 1 is 1.00 bits per heavy atom. The molecule has 2 aromatic carbocycles. The van der Waals surface area contributed by atoms with Gasteiger partial charge in [0, 0.05) is 5.56 Å². The van der Waals surface area contributed by atoms with Gasteiger partial charge in [0.1, 0.15) is 17.3 Å². The molecule has 4 heteroatoms. The third-order valence-electron chi connectivity index (χ3n) is 2.87. The van der Waals surface area contributed by atoms with Crippen LogP contribution >= 0.6 is 11.6 Å². The van der Waals surface area contributed by atoms with E-state index >= 15 is 0 Å². The molecule has 0 aliphatic carbocycles. The number of ether oxygens (including phenoxy) is 2. The fraction of sp³-hybridized carbons (Fsp3) is 0.200. The molecule has 0 aromatic heterocycles. The Balaban J connectivity index is 2.36. The molecule has 2 rings (SSSR count). The van der Waals surface area contributed by atoms with Crippen LogP contribution in [0.2, 0.25) is 0 Å². The van der Waals surface area contributed by atoms with E-state index in [-0.39, 0.29) is 5.82 Å². The Kier molecular flexibility index (Phi) is 4.27. The lowest BCUT2D eigenvalue weighted by atomic mass is 10.0. The number of methoxy groups -OCH3 is 2. The van der Waals surface area contributed by atoms with Crippen LogP contribution in [-0.2, 0) is 0 Å². The molecule has 2 nitrogen and oxygen atoms in total. The lowest BCUT2D eigenvalue weighted by Gasteiger charge is -2.14. The van der Waals surface area contributed by atoms with Gasteiger partial charge >= 0.3 is 0 Å². The molecule has 0 radical (unpaired) electrons. The molecule has 0 aliphatic heterocycles. The summed E-state index contributed by atoms with van der Waals surface area (Å²) >= 11 is 6.40. The number of hydrogen-bond donors (Lipinski definition) is 0. The van der Waals surface area contributed by atoms with Gasteiger partial charge < -0.3 is 9.47 Å². The molecule has 0 spiro atoms. The quantitative estimate of drug-likeness (QED) is 0.783. The summed E-state index contributed by atoms with van der Waals surface area (Å²) in [6, 6.07) is 11.6. The van der Waals surface area contributed by atoms with Crippen LogP contribution in [0.1, 0.15) is 16.5 Å². The molecule has 1 unspecified atom stereocenters. The second-order valence-electron chi connectivity index (χ2n) is 4.02. The van der Waals surface area contributed by atoms with Crippen molar-refractivity contribution in [2.24, 2.45) is 0 Å². The summed E-state index contributed by atoms with van der Waals surface area (Å²) in [5.41, 5.74) is 1.46. The Morgan fingerprint density at radius 3 is 2.26 bits per heavy atom. The maximum absolute atomic E-state index is 13.3. The number of halogens is 2. The third kappa shape index (κ3) is 2.99. The SMILES string of the molecule is COc1ccc(C(Cl)c2cc(F)ccc2OC)cc1. The monoisotopic (exact) mass is 280 g/mol. The second kappa shape index (κ2) is 5.93. The van der Waals surface area contributed by atoms with Crippen molar-refractivity contribution in [1.29, 1.82) is 0 Å². The first-order valence-corrected chi connectivity index (χ1v) is 6.21. The molecule has 0 aliphatic rings. The number of hydrogen-bond acceptors (Lipinski definition) is 2. The summed E-state index contributed by atoms with van der Waals surface area (Å²) in [7, 11) is 3.14. The van der Waals surface area contributed by atoms with Gasteiger partial charge in [0.15, 0.2) is 0 Å². The van der Waals surface area contributed by atoms with Crippen LogP contribution in [0.25, 0.3) is 0 Å². The molecular weight excluding hydrogens is 267 g/mol. The average molecular weight is 281 g/mol. The highest BCUT2D eigenvalue weighted by Gasteiger charge is 2.16. The molecule has 2 aromatic rings. The Morgan fingerprint density at radius 2 is 1.68 bits per heavy atom. The smallest absolute Gasteiger partial charge is 0.124 e. The summed E-state index contributed by atoms with van der Waals surface area (Å²) in [6.45, 7) is 0. The molecule has 0 fully saturated rings. The van der Waals surface area contributed by atoms with Crippen LogP contribution in [0.5, 0.6) is 11.5 Å². The minimum Gasteiger partial charge on any atom is -0.497 e. The van der Waals surface area contributed by atoms with E-state index in [1.807, 2.05) is 24.3 Å². The highest BCUT2D eigenvalue weighted by molar-refractivity contribution is 6.22. The minimum absolute atomic E-state index is 0.338. The van der Waals surface area contributed by atoms with Crippen molar-refractivity contribution in [2.75, 3.05) is 14.2 Å². The topological polar surface area (TPSA) is 18.5 Å².